The summed E-state index contributed by atoms with van der Waals surface area (Å²) in [6.07, 6.45) is 3.40. The quantitative estimate of drug-likeness (QED) is 0.163. The average Bonchev–Trinajstić information content (AvgIpc) is 3.01. The number of hydrogen-bond acceptors (Lipinski definition) is 3. The number of halogens is 2. The van der Waals surface area contributed by atoms with Crippen LogP contribution in [-0.2, 0) is 17.6 Å². The molecule has 246 valence electrons. The smallest absolute Gasteiger partial charge is 0.253 e. The van der Waals surface area contributed by atoms with Crippen LogP contribution in [0.5, 0.6) is 0 Å². The van der Waals surface area contributed by atoms with E-state index in [9.17, 15) is 18.4 Å². The third-order valence-corrected chi connectivity index (χ3v) is 7.62. The fourth-order valence-corrected chi connectivity index (χ4v) is 5.22. The molecule has 3 aromatic carbocycles. The van der Waals surface area contributed by atoms with E-state index >= 15 is 0 Å². The first kappa shape index (κ1) is 37.6. The van der Waals surface area contributed by atoms with Gasteiger partial charge in [-0.1, -0.05) is 64.4 Å². The van der Waals surface area contributed by atoms with Gasteiger partial charge in [0.05, 0.1) is 6.61 Å². The highest BCUT2D eigenvalue weighted by Crippen LogP contribution is 2.19. The molecule has 45 heavy (non-hydrogen) atoms. The van der Waals surface area contributed by atoms with Crippen molar-refractivity contribution in [1.29, 1.82) is 0 Å². The van der Waals surface area contributed by atoms with Crippen molar-refractivity contribution in [1.82, 2.24) is 10.2 Å². The minimum absolute atomic E-state index is 0.0508. The summed E-state index contributed by atoms with van der Waals surface area (Å²) in [6.45, 7) is 16.4. The molecule has 0 heterocycles. The Morgan fingerprint density at radius 2 is 1.40 bits per heavy atom. The molecule has 0 saturated heterocycles. The molecule has 0 radical (unpaired) electrons. The van der Waals surface area contributed by atoms with Gasteiger partial charge in [0.25, 0.3) is 11.8 Å². The molecular formula is C38H52F2N2O3. The Morgan fingerprint density at radius 1 is 0.800 bits per heavy atom. The van der Waals surface area contributed by atoms with Gasteiger partial charge in [-0.05, 0) is 98.9 Å². The lowest BCUT2D eigenvalue weighted by Gasteiger charge is -2.26. The third-order valence-electron chi connectivity index (χ3n) is 7.62. The van der Waals surface area contributed by atoms with Crippen LogP contribution >= 0.6 is 0 Å². The molecule has 0 spiro atoms. The number of carbonyl (C=O) groups excluding carboxylic acids is 2. The van der Waals surface area contributed by atoms with E-state index in [0.717, 1.165) is 30.9 Å². The van der Waals surface area contributed by atoms with Gasteiger partial charge < -0.3 is 15.0 Å². The first-order valence-corrected chi connectivity index (χ1v) is 16.4. The number of ether oxygens (including phenoxy) is 1. The van der Waals surface area contributed by atoms with E-state index in [1.165, 1.54) is 23.3 Å². The van der Waals surface area contributed by atoms with E-state index in [2.05, 4.69) is 36.5 Å². The molecule has 0 bridgehead atoms. The fourth-order valence-electron chi connectivity index (χ4n) is 5.22. The van der Waals surface area contributed by atoms with Crippen LogP contribution in [0.1, 0.15) is 96.9 Å². The largest absolute Gasteiger partial charge is 0.381 e. The van der Waals surface area contributed by atoms with Crippen LogP contribution in [0.2, 0.25) is 0 Å². The van der Waals surface area contributed by atoms with E-state index in [1.54, 1.807) is 18.2 Å². The second kappa shape index (κ2) is 19.7. The number of hydrogen-bond donors (Lipinski definition) is 1. The van der Waals surface area contributed by atoms with Crippen molar-refractivity contribution >= 4 is 11.8 Å². The summed E-state index contributed by atoms with van der Waals surface area (Å²) in [5.41, 5.74) is 4.56. The zero-order valence-electron chi connectivity index (χ0n) is 28.2. The van der Waals surface area contributed by atoms with E-state index in [0.29, 0.717) is 49.4 Å². The topological polar surface area (TPSA) is 58.6 Å². The van der Waals surface area contributed by atoms with Gasteiger partial charge in [-0.2, -0.15) is 0 Å². The molecule has 1 N–H and O–H groups in total. The van der Waals surface area contributed by atoms with Gasteiger partial charge in [-0.3, -0.25) is 9.59 Å². The lowest BCUT2D eigenvalue weighted by Crippen LogP contribution is -2.41. The molecule has 2 amide bonds. The zero-order chi connectivity index (χ0) is 33.4. The van der Waals surface area contributed by atoms with E-state index in [-0.39, 0.29) is 24.2 Å². The number of amides is 2. The SMILES string of the molecule is CC.CCCN(CCC)C(=O)c1cc(C)cc(C(=O)NC(Cc2cc(F)cc(F)c2)C(C)CCOCCc2ccc(C)cc2)c1. The number of carbonyl (C=O) groups is 2. The Morgan fingerprint density at radius 3 is 2.00 bits per heavy atom. The van der Waals surface area contributed by atoms with Crippen LogP contribution in [0.25, 0.3) is 0 Å². The fraction of sp³-hybridized carbons (Fsp3) is 0.474. The van der Waals surface area contributed by atoms with Gasteiger partial charge in [-0.25, -0.2) is 8.78 Å². The van der Waals surface area contributed by atoms with Crippen molar-refractivity contribution in [3.05, 3.63) is 106 Å². The summed E-state index contributed by atoms with van der Waals surface area (Å²) in [4.78, 5) is 28.7. The molecule has 5 nitrogen and oxygen atoms in total. The maximum atomic E-state index is 14.0. The van der Waals surface area contributed by atoms with Gasteiger partial charge in [0.15, 0.2) is 0 Å². The van der Waals surface area contributed by atoms with Crippen molar-refractivity contribution in [2.24, 2.45) is 5.92 Å². The van der Waals surface area contributed by atoms with Crippen molar-refractivity contribution in [3.63, 3.8) is 0 Å². The van der Waals surface area contributed by atoms with Gasteiger partial charge >= 0.3 is 0 Å². The Labute approximate surface area is 269 Å². The van der Waals surface area contributed by atoms with Crippen LogP contribution < -0.4 is 5.32 Å². The molecule has 3 aromatic rings. The summed E-state index contributed by atoms with van der Waals surface area (Å²) in [6, 6.07) is 16.6. The lowest BCUT2D eigenvalue weighted by atomic mass is 9.92. The normalized spacial score (nSPS) is 12.1. The molecule has 0 aliphatic rings. The second-order valence-corrected chi connectivity index (χ2v) is 11.6. The van der Waals surface area contributed by atoms with Crippen molar-refractivity contribution in [2.45, 2.75) is 86.6 Å². The first-order valence-electron chi connectivity index (χ1n) is 16.4. The summed E-state index contributed by atoms with van der Waals surface area (Å²) in [7, 11) is 0. The molecule has 0 aromatic heterocycles. The van der Waals surface area contributed by atoms with Crippen LogP contribution in [0.15, 0.2) is 60.7 Å². The van der Waals surface area contributed by atoms with Crippen molar-refractivity contribution in [3.8, 4) is 0 Å². The van der Waals surface area contributed by atoms with E-state index in [4.69, 9.17) is 4.74 Å². The summed E-state index contributed by atoms with van der Waals surface area (Å²) < 4.78 is 33.9. The summed E-state index contributed by atoms with van der Waals surface area (Å²) in [5.74, 6) is -1.78. The molecule has 2 unspecified atom stereocenters. The minimum atomic E-state index is -0.655. The molecule has 0 aliphatic carbocycles. The van der Waals surface area contributed by atoms with Gasteiger partial charge in [0, 0.05) is 42.9 Å². The summed E-state index contributed by atoms with van der Waals surface area (Å²) in [5, 5.41) is 3.10. The van der Waals surface area contributed by atoms with Crippen LogP contribution in [0.4, 0.5) is 8.78 Å². The van der Waals surface area contributed by atoms with E-state index in [1.807, 2.05) is 46.4 Å². The van der Waals surface area contributed by atoms with Gasteiger partial charge in [0.2, 0.25) is 0 Å². The maximum absolute atomic E-state index is 14.0. The predicted octanol–water partition coefficient (Wildman–Crippen LogP) is 8.50. The predicted molar refractivity (Wildman–Crippen MR) is 180 cm³/mol. The standard InChI is InChI=1S/C36H46F2N2O3.C2H6/c1-6-14-40(15-7-2)36(42)31-19-26(4)18-30(23-31)35(41)39-34(22-29-20-32(37)24-33(38)21-29)27(5)12-16-43-17-13-28-10-8-25(3)9-11-28;1-2/h8-11,18-21,23-24,27,34H,6-7,12-17,22H2,1-5H3,(H,39,41);1-2H3. The summed E-state index contributed by atoms with van der Waals surface area (Å²) >= 11 is 0. The van der Waals surface area contributed by atoms with E-state index < -0.39 is 17.7 Å². The molecule has 3 rings (SSSR count). The maximum Gasteiger partial charge on any atom is 0.253 e. The highest BCUT2D eigenvalue weighted by Gasteiger charge is 2.23. The van der Waals surface area contributed by atoms with Gasteiger partial charge in [-0.15, -0.1) is 0 Å². The Bertz CT molecular complexity index is 1320. The number of nitrogens with zero attached hydrogens (tertiary/aromatic N) is 1. The number of rotatable bonds is 16. The van der Waals surface area contributed by atoms with Crippen LogP contribution in [0.3, 0.4) is 0 Å². The molecule has 0 saturated carbocycles. The highest BCUT2D eigenvalue weighted by atomic mass is 19.1. The average molecular weight is 623 g/mol. The number of nitrogens with one attached hydrogen (secondary N) is 1. The molecule has 0 aliphatic heterocycles. The Hall–Kier alpha value is -3.58. The Kier molecular flexibility index (Phi) is 16.5. The lowest BCUT2D eigenvalue weighted by molar-refractivity contribution is 0.0755. The zero-order valence-corrected chi connectivity index (χ0v) is 28.2. The van der Waals surface area contributed by atoms with Gasteiger partial charge in [0.1, 0.15) is 11.6 Å². The van der Waals surface area contributed by atoms with Crippen molar-refractivity contribution < 1.29 is 23.1 Å². The van der Waals surface area contributed by atoms with Crippen LogP contribution in [-0.4, -0.2) is 49.1 Å². The Balaban J connectivity index is 0.00000345. The minimum Gasteiger partial charge on any atom is -0.381 e. The van der Waals surface area contributed by atoms with Crippen molar-refractivity contribution in [2.75, 3.05) is 26.3 Å². The highest BCUT2D eigenvalue weighted by molar-refractivity contribution is 6.00. The van der Waals surface area contributed by atoms with Crippen LogP contribution in [0, 0.1) is 31.4 Å². The number of benzene rings is 3. The molecule has 0 fully saturated rings. The monoisotopic (exact) mass is 622 g/mol. The second-order valence-electron chi connectivity index (χ2n) is 11.6. The molecule has 7 heteroatoms. The third kappa shape index (κ3) is 12.7. The first-order chi connectivity index (χ1) is 21.6. The molecule has 2 atom stereocenters. The molecular weight excluding hydrogens is 570 g/mol. The number of aryl methyl sites for hydroxylation is 2.